The van der Waals surface area contributed by atoms with Gasteiger partial charge in [0.1, 0.15) is 0 Å². The van der Waals surface area contributed by atoms with E-state index < -0.39 is 0 Å². The van der Waals surface area contributed by atoms with Gasteiger partial charge in [0.25, 0.3) is 0 Å². The van der Waals surface area contributed by atoms with Crippen LogP contribution in [0.1, 0.15) is 97.5 Å². The van der Waals surface area contributed by atoms with E-state index in [1.165, 1.54) is 82.6 Å². The Bertz CT molecular complexity index is 757. The predicted molar refractivity (Wildman–Crippen MR) is 154 cm³/mol. The van der Waals surface area contributed by atoms with Crippen LogP contribution < -0.4 is 9.80 Å². The van der Waals surface area contributed by atoms with Gasteiger partial charge in [-0.25, -0.2) is 0 Å². The van der Waals surface area contributed by atoms with Crippen molar-refractivity contribution in [2.75, 3.05) is 55.6 Å². The molecule has 4 rings (SSSR count). The second kappa shape index (κ2) is 13.0. The zero-order chi connectivity index (χ0) is 24.1. The van der Waals surface area contributed by atoms with E-state index in [1.54, 1.807) is 5.56 Å². The molecular formula is C30H52ClN3O. The Morgan fingerprint density at radius 1 is 0.914 bits per heavy atom. The lowest BCUT2D eigenvalue weighted by molar-refractivity contribution is -0.00478. The highest BCUT2D eigenvalue weighted by Crippen LogP contribution is 2.46. The molecule has 1 aromatic carbocycles. The van der Waals surface area contributed by atoms with Gasteiger partial charge in [0.15, 0.2) is 0 Å². The van der Waals surface area contributed by atoms with Gasteiger partial charge in [0.2, 0.25) is 0 Å². The summed E-state index contributed by atoms with van der Waals surface area (Å²) in [6.45, 7) is 19.8. The molecule has 0 bridgehead atoms. The number of benzene rings is 1. The SMILES string of the molecule is CCCCN1CCN(c2ccc(N3CCC(OC(C)C)CC3)cc2C2CCC(C)(C)CC2)CC1.Cl. The van der Waals surface area contributed by atoms with Crippen molar-refractivity contribution in [2.24, 2.45) is 5.41 Å². The molecule has 1 saturated carbocycles. The van der Waals surface area contributed by atoms with Crippen LogP contribution in [0.15, 0.2) is 18.2 Å². The number of hydrogen-bond acceptors (Lipinski definition) is 4. The molecule has 0 radical (unpaired) electrons. The third kappa shape index (κ3) is 7.76. The van der Waals surface area contributed by atoms with Gasteiger partial charge < -0.3 is 14.5 Å². The van der Waals surface area contributed by atoms with E-state index in [-0.39, 0.29) is 12.4 Å². The highest BCUT2D eigenvalue weighted by molar-refractivity contribution is 5.85. The predicted octanol–water partition coefficient (Wildman–Crippen LogP) is 7.11. The van der Waals surface area contributed by atoms with Gasteiger partial charge in [-0.2, -0.15) is 0 Å². The summed E-state index contributed by atoms with van der Waals surface area (Å²) < 4.78 is 6.11. The van der Waals surface area contributed by atoms with Gasteiger partial charge in [-0.05, 0) is 100 Å². The van der Waals surface area contributed by atoms with Crippen LogP contribution in [0.4, 0.5) is 11.4 Å². The molecular weight excluding hydrogens is 454 g/mol. The van der Waals surface area contributed by atoms with Gasteiger partial charge in [0.05, 0.1) is 12.2 Å². The minimum Gasteiger partial charge on any atom is -0.375 e. The number of piperazine rings is 1. The molecule has 2 aliphatic heterocycles. The summed E-state index contributed by atoms with van der Waals surface area (Å²) in [5, 5.41) is 0. The van der Waals surface area contributed by atoms with Crippen molar-refractivity contribution in [3.63, 3.8) is 0 Å². The van der Waals surface area contributed by atoms with Crippen molar-refractivity contribution in [1.82, 2.24) is 4.90 Å². The Kier molecular flexibility index (Phi) is 10.6. The minimum absolute atomic E-state index is 0. The molecule has 1 aromatic rings. The second-order valence-electron chi connectivity index (χ2n) is 12.2. The number of ether oxygens (including phenoxy) is 1. The van der Waals surface area contributed by atoms with E-state index >= 15 is 0 Å². The average Bonchev–Trinajstić information content (AvgIpc) is 2.83. The number of hydrogen-bond donors (Lipinski definition) is 0. The van der Waals surface area contributed by atoms with E-state index in [2.05, 4.69) is 67.5 Å². The summed E-state index contributed by atoms with van der Waals surface area (Å²) in [5.41, 5.74) is 5.11. The van der Waals surface area contributed by atoms with E-state index in [4.69, 9.17) is 4.74 Å². The summed E-state index contributed by atoms with van der Waals surface area (Å²) in [6, 6.07) is 7.48. The number of rotatable bonds is 8. The largest absolute Gasteiger partial charge is 0.375 e. The van der Waals surface area contributed by atoms with E-state index in [9.17, 15) is 0 Å². The summed E-state index contributed by atoms with van der Waals surface area (Å²) in [4.78, 5) is 7.98. The first-order valence-electron chi connectivity index (χ1n) is 14.4. The highest BCUT2D eigenvalue weighted by atomic mass is 35.5. The fourth-order valence-electron chi connectivity index (χ4n) is 6.29. The summed E-state index contributed by atoms with van der Waals surface area (Å²) in [5.74, 6) is 0.711. The highest BCUT2D eigenvalue weighted by Gasteiger charge is 2.31. The molecule has 2 heterocycles. The van der Waals surface area contributed by atoms with Crippen LogP contribution in [0.2, 0.25) is 0 Å². The van der Waals surface area contributed by atoms with Crippen LogP contribution in [-0.4, -0.2) is 62.9 Å². The van der Waals surface area contributed by atoms with Crippen LogP contribution in [0.25, 0.3) is 0 Å². The maximum atomic E-state index is 6.11. The number of anilines is 2. The van der Waals surface area contributed by atoms with Gasteiger partial charge in [-0.15, -0.1) is 12.4 Å². The van der Waals surface area contributed by atoms with Crippen molar-refractivity contribution in [3.8, 4) is 0 Å². The summed E-state index contributed by atoms with van der Waals surface area (Å²) in [7, 11) is 0. The summed E-state index contributed by atoms with van der Waals surface area (Å²) in [6.07, 6.45) is 11.1. The number of nitrogens with zero attached hydrogens (tertiary/aromatic N) is 3. The standard InChI is InChI=1S/C30H51N3O.ClH/c1-6-7-16-31-19-21-33(22-20-31)29-9-8-26(32-17-12-27(13-18-32)34-24(2)3)23-28(29)25-10-14-30(4,5)15-11-25;/h8-9,23-25,27H,6-7,10-22H2,1-5H3;1H. The smallest absolute Gasteiger partial charge is 0.0612 e. The molecule has 1 aliphatic carbocycles. The zero-order valence-electron chi connectivity index (χ0n) is 23.2. The average molecular weight is 506 g/mol. The third-order valence-electron chi connectivity index (χ3n) is 8.60. The quantitative estimate of drug-likeness (QED) is 0.374. The maximum Gasteiger partial charge on any atom is 0.0612 e. The fourth-order valence-corrected chi connectivity index (χ4v) is 6.29. The molecule has 200 valence electrons. The molecule has 0 amide bonds. The van der Waals surface area contributed by atoms with E-state index in [0.717, 1.165) is 25.9 Å². The first kappa shape index (κ1) is 28.6. The Morgan fingerprint density at radius 2 is 1.57 bits per heavy atom. The van der Waals surface area contributed by atoms with E-state index in [1.807, 2.05) is 0 Å². The Hall–Kier alpha value is -0.970. The topological polar surface area (TPSA) is 19.0 Å². The molecule has 2 saturated heterocycles. The lowest BCUT2D eigenvalue weighted by Crippen LogP contribution is -2.47. The molecule has 0 spiro atoms. The monoisotopic (exact) mass is 505 g/mol. The number of halogens is 1. The Balaban J connectivity index is 0.00000342. The molecule has 3 aliphatic rings. The maximum absolute atomic E-state index is 6.11. The molecule has 0 N–H and O–H groups in total. The molecule has 3 fully saturated rings. The third-order valence-corrected chi connectivity index (χ3v) is 8.60. The Morgan fingerprint density at radius 3 is 2.17 bits per heavy atom. The van der Waals surface area contributed by atoms with Crippen molar-refractivity contribution in [1.29, 1.82) is 0 Å². The summed E-state index contributed by atoms with van der Waals surface area (Å²) >= 11 is 0. The normalized spacial score (nSPS) is 22.5. The molecule has 35 heavy (non-hydrogen) atoms. The van der Waals surface area contributed by atoms with Crippen LogP contribution in [0.5, 0.6) is 0 Å². The first-order valence-corrected chi connectivity index (χ1v) is 14.4. The molecule has 0 unspecified atom stereocenters. The molecule has 5 heteroatoms. The van der Waals surface area contributed by atoms with Gasteiger partial charge >= 0.3 is 0 Å². The van der Waals surface area contributed by atoms with Gasteiger partial charge in [-0.1, -0.05) is 27.2 Å². The van der Waals surface area contributed by atoms with Crippen molar-refractivity contribution < 1.29 is 4.74 Å². The molecule has 0 atom stereocenters. The van der Waals surface area contributed by atoms with Crippen molar-refractivity contribution >= 4 is 23.8 Å². The zero-order valence-corrected chi connectivity index (χ0v) is 24.0. The van der Waals surface area contributed by atoms with Crippen molar-refractivity contribution in [3.05, 3.63) is 23.8 Å². The van der Waals surface area contributed by atoms with Crippen LogP contribution >= 0.6 is 12.4 Å². The fraction of sp³-hybridized carbons (Fsp3) is 0.800. The Labute approximate surface area is 222 Å². The van der Waals surface area contributed by atoms with Gasteiger partial charge in [0, 0.05) is 50.6 Å². The lowest BCUT2D eigenvalue weighted by Gasteiger charge is -2.41. The number of piperidine rings is 1. The van der Waals surface area contributed by atoms with Crippen LogP contribution in [0, 0.1) is 5.41 Å². The van der Waals surface area contributed by atoms with Crippen LogP contribution in [-0.2, 0) is 4.74 Å². The minimum atomic E-state index is 0. The number of unbranched alkanes of at least 4 members (excludes halogenated alkanes) is 1. The molecule has 0 aromatic heterocycles. The van der Waals surface area contributed by atoms with Crippen molar-refractivity contribution in [2.45, 2.75) is 104 Å². The lowest BCUT2D eigenvalue weighted by atomic mass is 9.71. The van der Waals surface area contributed by atoms with Crippen LogP contribution in [0.3, 0.4) is 0 Å². The van der Waals surface area contributed by atoms with Gasteiger partial charge in [-0.3, -0.25) is 4.90 Å². The molecule has 4 nitrogen and oxygen atoms in total. The second-order valence-corrected chi connectivity index (χ2v) is 12.2. The first-order chi connectivity index (χ1) is 16.3. The van der Waals surface area contributed by atoms with E-state index in [0.29, 0.717) is 23.5 Å².